The zero-order valence-electron chi connectivity index (χ0n) is 10.6. The first-order valence-corrected chi connectivity index (χ1v) is 6.39. The maximum atomic E-state index is 10.7. The van der Waals surface area contributed by atoms with Crippen LogP contribution in [0.5, 0.6) is 5.75 Å². The second kappa shape index (κ2) is 5.68. The Balaban J connectivity index is 2.13. The van der Waals surface area contributed by atoms with E-state index in [4.69, 9.17) is 10.00 Å². The largest absolute Gasteiger partial charge is 0.489 e. The number of aldehydes is 1. The first kappa shape index (κ1) is 12.6. The van der Waals surface area contributed by atoms with Gasteiger partial charge in [0.2, 0.25) is 0 Å². The highest BCUT2D eigenvalue weighted by atomic mass is 16.5. The Hall–Kier alpha value is -1.82. The van der Waals surface area contributed by atoms with Gasteiger partial charge in [0.15, 0.2) is 0 Å². The van der Waals surface area contributed by atoms with Gasteiger partial charge in [-0.25, -0.2) is 0 Å². The quantitative estimate of drug-likeness (QED) is 0.765. The molecule has 0 spiro atoms. The Bertz CT molecular complexity index is 476. The summed E-state index contributed by atoms with van der Waals surface area (Å²) in [5, 5.41) is 9.07. The number of nitrogens with zero attached hydrogens (tertiary/aromatic N) is 1. The third-order valence-corrected chi connectivity index (χ3v) is 3.44. The second-order valence-corrected chi connectivity index (χ2v) is 5.00. The molecule has 1 fully saturated rings. The van der Waals surface area contributed by atoms with Gasteiger partial charge in [0.25, 0.3) is 0 Å². The minimum atomic E-state index is 0.197. The lowest BCUT2D eigenvalue weighted by Crippen LogP contribution is -2.24. The van der Waals surface area contributed by atoms with E-state index in [1.165, 1.54) is 12.8 Å². The predicted octanol–water partition coefficient (Wildman–Crippen LogP) is 3.33. The van der Waals surface area contributed by atoms with Crippen molar-refractivity contribution in [2.24, 2.45) is 5.92 Å². The number of carbonyl (C=O) groups is 1. The molecule has 1 aromatic carbocycles. The van der Waals surface area contributed by atoms with Gasteiger partial charge in [-0.1, -0.05) is 13.3 Å². The van der Waals surface area contributed by atoms with Crippen molar-refractivity contribution in [2.75, 3.05) is 0 Å². The molecule has 18 heavy (non-hydrogen) atoms. The topological polar surface area (TPSA) is 50.1 Å². The summed E-state index contributed by atoms with van der Waals surface area (Å²) in [5.41, 5.74) is 0.953. The molecule has 0 aromatic heterocycles. The van der Waals surface area contributed by atoms with Crippen LogP contribution in [0.2, 0.25) is 0 Å². The Kier molecular flexibility index (Phi) is 3.99. The molecular weight excluding hydrogens is 226 g/mol. The minimum absolute atomic E-state index is 0.197. The molecule has 2 atom stereocenters. The summed E-state index contributed by atoms with van der Waals surface area (Å²) in [7, 11) is 0. The lowest BCUT2D eigenvalue weighted by Gasteiger charge is -2.27. The summed E-state index contributed by atoms with van der Waals surface area (Å²) in [5.74, 6) is 1.28. The fourth-order valence-electron chi connectivity index (χ4n) is 2.48. The third kappa shape index (κ3) is 2.89. The van der Waals surface area contributed by atoms with E-state index in [-0.39, 0.29) is 6.10 Å². The van der Waals surface area contributed by atoms with Crippen molar-refractivity contribution in [2.45, 2.75) is 38.7 Å². The van der Waals surface area contributed by atoms with Gasteiger partial charge in [-0.2, -0.15) is 5.26 Å². The number of rotatable bonds is 3. The summed E-state index contributed by atoms with van der Waals surface area (Å²) in [6.45, 7) is 2.23. The van der Waals surface area contributed by atoms with E-state index in [9.17, 15) is 4.79 Å². The van der Waals surface area contributed by atoms with E-state index < -0.39 is 0 Å². The van der Waals surface area contributed by atoms with Gasteiger partial charge in [0.05, 0.1) is 11.7 Å². The Morgan fingerprint density at radius 1 is 1.44 bits per heavy atom. The van der Waals surface area contributed by atoms with Crippen LogP contribution in [-0.2, 0) is 0 Å². The summed E-state index contributed by atoms with van der Waals surface area (Å²) in [4.78, 5) is 10.7. The van der Waals surface area contributed by atoms with Crippen LogP contribution >= 0.6 is 0 Å². The Morgan fingerprint density at radius 3 is 2.94 bits per heavy atom. The molecule has 2 rings (SSSR count). The van der Waals surface area contributed by atoms with E-state index in [2.05, 4.69) is 13.0 Å². The van der Waals surface area contributed by atoms with Gasteiger partial charge in [-0.05, 0) is 43.4 Å². The first-order valence-electron chi connectivity index (χ1n) is 6.39. The summed E-state index contributed by atoms with van der Waals surface area (Å²) in [6.07, 6.45) is 5.47. The fourth-order valence-corrected chi connectivity index (χ4v) is 2.48. The van der Waals surface area contributed by atoms with Gasteiger partial charge >= 0.3 is 0 Å². The fraction of sp³-hybridized carbons (Fsp3) is 0.467. The van der Waals surface area contributed by atoms with E-state index in [0.29, 0.717) is 22.8 Å². The molecule has 1 aromatic rings. The van der Waals surface area contributed by atoms with Crippen molar-refractivity contribution in [3.05, 3.63) is 29.3 Å². The lowest BCUT2D eigenvalue weighted by atomic mass is 9.88. The molecule has 0 bridgehead atoms. The van der Waals surface area contributed by atoms with Crippen molar-refractivity contribution in [3.8, 4) is 11.8 Å². The van der Waals surface area contributed by atoms with Crippen LogP contribution < -0.4 is 4.74 Å². The van der Waals surface area contributed by atoms with Gasteiger partial charge in [0.1, 0.15) is 18.1 Å². The molecule has 94 valence electrons. The SMILES string of the molecule is CC1CCCC(Oc2ccc(C=O)cc2C#N)C1. The Labute approximate surface area is 107 Å². The summed E-state index contributed by atoms with van der Waals surface area (Å²) in [6, 6.07) is 7.08. The summed E-state index contributed by atoms with van der Waals surface area (Å²) < 4.78 is 5.91. The standard InChI is InChI=1S/C15H17NO2/c1-11-3-2-4-14(7-11)18-15-6-5-12(10-17)8-13(15)9-16/h5-6,8,10-11,14H,2-4,7H2,1H3. The molecule has 0 radical (unpaired) electrons. The summed E-state index contributed by atoms with van der Waals surface area (Å²) >= 11 is 0. The average molecular weight is 243 g/mol. The third-order valence-electron chi connectivity index (χ3n) is 3.44. The van der Waals surface area contributed by atoms with Gasteiger partial charge in [-0.3, -0.25) is 4.79 Å². The highest BCUT2D eigenvalue weighted by Gasteiger charge is 2.21. The van der Waals surface area contributed by atoms with Crippen molar-refractivity contribution in [3.63, 3.8) is 0 Å². The van der Waals surface area contributed by atoms with Crippen molar-refractivity contribution < 1.29 is 9.53 Å². The number of benzene rings is 1. The van der Waals surface area contributed by atoms with Crippen LogP contribution in [0.15, 0.2) is 18.2 Å². The van der Waals surface area contributed by atoms with E-state index in [0.717, 1.165) is 19.1 Å². The molecular formula is C15H17NO2. The number of nitriles is 1. The van der Waals surface area contributed by atoms with Crippen molar-refractivity contribution in [1.29, 1.82) is 5.26 Å². The Morgan fingerprint density at radius 2 is 2.28 bits per heavy atom. The molecule has 1 aliphatic carbocycles. The highest BCUT2D eigenvalue weighted by Crippen LogP contribution is 2.29. The molecule has 1 aliphatic rings. The predicted molar refractivity (Wildman–Crippen MR) is 68.6 cm³/mol. The van der Waals surface area contributed by atoms with Gasteiger partial charge in [-0.15, -0.1) is 0 Å². The van der Waals surface area contributed by atoms with Crippen molar-refractivity contribution in [1.82, 2.24) is 0 Å². The smallest absolute Gasteiger partial charge is 0.150 e. The highest BCUT2D eigenvalue weighted by molar-refractivity contribution is 5.76. The van der Waals surface area contributed by atoms with Crippen LogP contribution in [0, 0.1) is 17.2 Å². The average Bonchev–Trinajstić information content (AvgIpc) is 2.39. The molecule has 0 N–H and O–H groups in total. The molecule has 0 amide bonds. The maximum Gasteiger partial charge on any atom is 0.150 e. The molecule has 0 heterocycles. The monoisotopic (exact) mass is 243 g/mol. The number of carbonyl (C=O) groups excluding carboxylic acids is 1. The van der Waals surface area contributed by atoms with Crippen molar-refractivity contribution >= 4 is 6.29 Å². The zero-order valence-corrected chi connectivity index (χ0v) is 10.6. The van der Waals surface area contributed by atoms with Gasteiger partial charge in [0, 0.05) is 5.56 Å². The van der Waals surface area contributed by atoms with Crippen LogP contribution in [-0.4, -0.2) is 12.4 Å². The molecule has 2 unspecified atom stereocenters. The molecule has 1 saturated carbocycles. The number of hydrogen-bond donors (Lipinski definition) is 0. The first-order chi connectivity index (χ1) is 8.72. The second-order valence-electron chi connectivity index (χ2n) is 5.00. The molecule has 0 aliphatic heterocycles. The zero-order chi connectivity index (χ0) is 13.0. The van der Waals surface area contributed by atoms with Crippen LogP contribution in [0.4, 0.5) is 0 Å². The molecule has 3 nitrogen and oxygen atoms in total. The van der Waals surface area contributed by atoms with E-state index in [1.807, 2.05) is 0 Å². The van der Waals surface area contributed by atoms with E-state index >= 15 is 0 Å². The van der Waals surface area contributed by atoms with Crippen LogP contribution in [0.3, 0.4) is 0 Å². The lowest BCUT2D eigenvalue weighted by molar-refractivity contribution is 0.112. The van der Waals surface area contributed by atoms with Gasteiger partial charge < -0.3 is 4.74 Å². The number of ether oxygens (including phenoxy) is 1. The van der Waals surface area contributed by atoms with Crippen LogP contribution in [0.25, 0.3) is 0 Å². The molecule has 0 saturated heterocycles. The molecule has 3 heteroatoms. The van der Waals surface area contributed by atoms with E-state index in [1.54, 1.807) is 18.2 Å². The minimum Gasteiger partial charge on any atom is -0.489 e. The van der Waals surface area contributed by atoms with Crippen LogP contribution in [0.1, 0.15) is 48.5 Å². The number of hydrogen-bond acceptors (Lipinski definition) is 3. The normalized spacial score (nSPS) is 23.1. The maximum absolute atomic E-state index is 10.7.